The number of rotatable bonds is 0. The van der Waals surface area contributed by atoms with Gasteiger partial charge in [-0.25, -0.2) is 0 Å². The first-order valence-corrected chi connectivity index (χ1v) is 4.93. The van der Waals surface area contributed by atoms with Gasteiger partial charge in [-0.1, -0.05) is 6.42 Å². The quantitative estimate of drug-likeness (QED) is 0.545. The Morgan fingerprint density at radius 1 is 1.25 bits per heavy atom. The molecule has 0 spiro atoms. The molecule has 2 heteroatoms. The molecule has 0 aromatic rings. The zero-order chi connectivity index (χ0) is 8.55. The van der Waals surface area contributed by atoms with Crippen molar-refractivity contribution in [3.8, 4) is 6.07 Å². The van der Waals surface area contributed by atoms with Gasteiger partial charge < -0.3 is 4.90 Å². The number of hydrogen-bond acceptors (Lipinski definition) is 2. The monoisotopic (exact) mass is 164 g/mol. The molecule has 1 unspecified atom stereocenters. The van der Waals surface area contributed by atoms with Crippen LogP contribution in [0.5, 0.6) is 0 Å². The summed E-state index contributed by atoms with van der Waals surface area (Å²) in [7, 11) is 2.22. The smallest absolute Gasteiger partial charge is 0.0657 e. The van der Waals surface area contributed by atoms with Crippen molar-refractivity contribution >= 4 is 0 Å². The minimum atomic E-state index is 0.344. The molecule has 0 aromatic heterocycles. The zero-order valence-electron chi connectivity index (χ0n) is 7.66. The maximum Gasteiger partial charge on any atom is 0.0657 e. The fourth-order valence-corrected chi connectivity index (χ4v) is 2.72. The van der Waals surface area contributed by atoms with E-state index in [1.807, 2.05) is 0 Å². The maximum absolute atomic E-state index is 8.86. The van der Waals surface area contributed by atoms with E-state index in [0.29, 0.717) is 18.0 Å². The molecule has 2 aliphatic heterocycles. The van der Waals surface area contributed by atoms with Gasteiger partial charge in [-0.05, 0) is 32.7 Å². The van der Waals surface area contributed by atoms with Gasteiger partial charge in [0.1, 0.15) is 0 Å². The third kappa shape index (κ3) is 1.23. The number of nitrogens with zero attached hydrogens (tertiary/aromatic N) is 2. The van der Waals surface area contributed by atoms with Gasteiger partial charge in [-0.3, -0.25) is 0 Å². The van der Waals surface area contributed by atoms with Crippen molar-refractivity contribution in [2.45, 2.75) is 44.2 Å². The summed E-state index contributed by atoms with van der Waals surface area (Å²) < 4.78 is 0. The van der Waals surface area contributed by atoms with E-state index in [1.54, 1.807) is 0 Å². The molecule has 0 N–H and O–H groups in total. The fourth-order valence-electron chi connectivity index (χ4n) is 2.72. The molecule has 2 saturated heterocycles. The van der Waals surface area contributed by atoms with Gasteiger partial charge in [0.15, 0.2) is 0 Å². The molecule has 2 fully saturated rings. The molecule has 0 radical (unpaired) electrons. The molecular weight excluding hydrogens is 148 g/mol. The summed E-state index contributed by atoms with van der Waals surface area (Å²) in [5.74, 6) is 0.344. The SMILES string of the molecule is CN1[C@@H]2CCC[C@H]1CC(C#N)C2. The highest BCUT2D eigenvalue weighted by Crippen LogP contribution is 2.35. The van der Waals surface area contributed by atoms with Crippen LogP contribution in [-0.2, 0) is 0 Å². The van der Waals surface area contributed by atoms with Crippen molar-refractivity contribution in [3.63, 3.8) is 0 Å². The second kappa shape index (κ2) is 3.06. The van der Waals surface area contributed by atoms with Gasteiger partial charge in [0, 0.05) is 18.0 Å². The third-order valence-electron chi connectivity index (χ3n) is 3.52. The van der Waals surface area contributed by atoms with Crippen LogP contribution in [-0.4, -0.2) is 24.0 Å². The molecule has 2 heterocycles. The Labute approximate surface area is 74.2 Å². The van der Waals surface area contributed by atoms with Crippen LogP contribution in [0, 0.1) is 17.2 Å². The summed E-state index contributed by atoms with van der Waals surface area (Å²) in [6, 6.07) is 3.85. The molecule has 3 atom stereocenters. The predicted octanol–water partition coefficient (Wildman–Crippen LogP) is 1.77. The number of nitriles is 1. The first-order valence-electron chi connectivity index (χ1n) is 4.93. The Balaban J connectivity index is 2.08. The molecule has 2 bridgehead atoms. The first-order chi connectivity index (χ1) is 5.81. The molecule has 2 rings (SSSR count). The van der Waals surface area contributed by atoms with Crippen molar-refractivity contribution in [1.29, 1.82) is 5.26 Å². The molecule has 12 heavy (non-hydrogen) atoms. The Morgan fingerprint density at radius 3 is 2.33 bits per heavy atom. The summed E-state index contributed by atoms with van der Waals surface area (Å²) in [5.41, 5.74) is 0. The second-order valence-corrected chi connectivity index (χ2v) is 4.20. The molecule has 66 valence electrons. The summed E-state index contributed by atoms with van der Waals surface area (Å²) in [4.78, 5) is 2.50. The predicted molar refractivity (Wildman–Crippen MR) is 47.5 cm³/mol. The molecular formula is C10H16N2. The fraction of sp³-hybridized carbons (Fsp3) is 0.900. The van der Waals surface area contributed by atoms with Gasteiger partial charge >= 0.3 is 0 Å². The maximum atomic E-state index is 8.86. The average molecular weight is 164 g/mol. The normalized spacial score (nSPS) is 42.2. The van der Waals surface area contributed by atoms with Crippen LogP contribution < -0.4 is 0 Å². The van der Waals surface area contributed by atoms with E-state index in [-0.39, 0.29) is 0 Å². The van der Waals surface area contributed by atoms with Crippen molar-refractivity contribution in [3.05, 3.63) is 0 Å². The molecule has 2 aliphatic rings. The Morgan fingerprint density at radius 2 is 1.83 bits per heavy atom. The largest absolute Gasteiger partial charge is 0.300 e. The highest BCUT2D eigenvalue weighted by atomic mass is 15.2. The molecule has 0 amide bonds. The summed E-state index contributed by atoms with van der Waals surface area (Å²) in [6.07, 6.45) is 6.22. The van der Waals surface area contributed by atoms with Gasteiger partial charge in [-0.2, -0.15) is 5.26 Å². The van der Waals surface area contributed by atoms with Gasteiger partial charge in [0.05, 0.1) is 6.07 Å². The minimum Gasteiger partial charge on any atom is -0.300 e. The lowest BCUT2D eigenvalue weighted by Crippen LogP contribution is -2.49. The lowest BCUT2D eigenvalue weighted by Gasteiger charge is -2.45. The molecule has 2 nitrogen and oxygen atoms in total. The Bertz CT molecular complexity index is 192. The number of hydrogen-bond donors (Lipinski definition) is 0. The summed E-state index contributed by atoms with van der Waals surface area (Å²) in [5, 5.41) is 8.86. The van der Waals surface area contributed by atoms with E-state index in [0.717, 1.165) is 12.8 Å². The summed E-state index contributed by atoms with van der Waals surface area (Å²) in [6.45, 7) is 0. The Hall–Kier alpha value is -0.550. The summed E-state index contributed by atoms with van der Waals surface area (Å²) >= 11 is 0. The average Bonchev–Trinajstić information content (AvgIpc) is 2.04. The van der Waals surface area contributed by atoms with Crippen LogP contribution in [0.2, 0.25) is 0 Å². The highest BCUT2D eigenvalue weighted by Gasteiger charge is 2.35. The number of piperidine rings is 2. The van der Waals surface area contributed by atoms with Crippen molar-refractivity contribution in [2.24, 2.45) is 5.92 Å². The van der Waals surface area contributed by atoms with Crippen LogP contribution >= 0.6 is 0 Å². The zero-order valence-corrected chi connectivity index (χ0v) is 7.66. The third-order valence-corrected chi connectivity index (χ3v) is 3.52. The van der Waals surface area contributed by atoms with E-state index < -0.39 is 0 Å². The van der Waals surface area contributed by atoms with Crippen molar-refractivity contribution < 1.29 is 0 Å². The van der Waals surface area contributed by atoms with E-state index in [2.05, 4.69) is 18.0 Å². The van der Waals surface area contributed by atoms with Crippen LogP contribution in [0.25, 0.3) is 0 Å². The van der Waals surface area contributed by atoms with Crippen LogP contribution in [0.15, 0.2) is 0 Å². The molecule has 0 saturated carbocycles. The van der Waals surface area contributed by atoms with E-state index >= 15 is 0 Å². The van der Waals surface area contributed by atoms with Crippen LogP contribution in [0.1, 0.15) is 32.1 Å². The van der Waals surface area contributed by atoms with E-state index in [1.165, 1.54) is 19.3 Å². The van der Waals surface area contributed by atoms with Crippen LogP contribution in [0.3, 0.4) is 0 Å². The van der Waals surface area contributed by atoms with Crippen LogP contribution in [0.4, 0.5) is 0 Å². The second-order valence-electron chi connectivity index (χ2n) is 4.20. The van der Waals surface area contributed by atoms with E-state index in [4.69, 9.17) is 5.26 Å². The Kier molecular flexibility index (Phi) is 2.06. The van der Waals surface area contributed by atoms with Gasteiger partial charge in [-0.15, -0.1) is 0 Å². The van der Waals surface area contributed by atoms with Crippen molar-refractivity contribution in [2.75, 3.05) is 7.05 Å². The molecule has 0 aromatic carbocycles. The first kappa shape index (κ1) is 8.07. The minimum absolute atomic E-state index is 0.344. The molecule has 0 aliphatic carbocycles. The van der Waals surface area contributed by atoms with E-state index in [9.17, 15) is 0 Å². The lowest BCUT2D eigenvalue weighted by atomic mass is 9.79. The topological polar surface area (TPSA) is 27.0 Å². The van der Waals surface area contributed by atoms with Gasteiger partial charge in [0.25, 0.3) is 0 Å². The van der Waals surface area contributed by atoms with Crippen molar-refractivity contribution in [1.82, 2.24) is 4.90 Å². The lowest BCUT2D eigenvalue weighted by molar-refractivity contribution is 0.0502. The van der Waals surface area contributed by atoms with Gasteiger partial charge in [0.2, 0.25) is 0 Å². The number of fused-ring (bicyclic) bond motifs is 2. The highest BCUT2D eigenvalue weighted by molar-refractivity contribution is 4.97. The standard InChI is InChI=1S/C10H16N2/c1-12-9-3-2-4-10(12)6-8(5-9)7-11/h8-10H,2-6H2,1H3/t8?,9-,10+.